The summed E-state index contributed by atoms with van der Waals surface area (Å²) in [4.78, 5) is 4.02. The normalized spacial score (nSPS) is 12.0. The number of nitrogens with zero attached hydrogens (tertiary/aromatic N) is 1. The van der Waals surface area contributed by atoms with Crippen LogP contribution in [0.1, 0.15) is 38.1 Å². The van der Waals surface area contributed by atoms with E-state index in [1.54, 1.807) is 0 Å². The third kappa shape index (κ3) is 5.51. The highest BCUT2D eigenvalue weighted by molar-refractivity contribution is 7.10. The molecule has 0 aliphatic rings. The second-order valence-electron chi connectivity index (χ2n) is 5.69. The Morgan fingerprint density at radius 3 is 2.50 bits per heavy atom. The van der Waals surface area contributed by atoms with Gasteiger partial charge in [0.05, 0.1) is 0 Å². The van der Waals surface area contributed by atoms with Crippen molar-refractivity contribution in [2.45, 2.75) is 47.2 Å². The molecule has 1 aromatic heterocycles. The van der Waals surface area contributed by atoms with Crippen molar-refractivity contribution in [3.8, 4) is 0 Å². The van der Waals surface area contributed by atoms with Crippen LogP contribution in [0.15, 0.2) is 11.4 Å². The van der Waals surface area contributed by atoms with E-state index >= 15 is 0 Å². The van der Waals surface area contributed by atoms with Gasteiger partial charge in [0.2, 0.25) is 0 Å². The van der Waals surface area contributed by atoms with Crippen LogP contribution >= 0.6 is 11.3 Å². The predicted molar refractivity (Wildman–Crippen MR) is 82.3 cm³/mol. The van der Waals surface area contributed by atoms with Gasteiger partial charge in [-0.1, -0.05) is 13.8 Å². The quantitative estimate of drug-likeness (QED) is 0.726. The summed E-state index contributed by atoms with van der Waals surface area (Å²) in [5.74, 6) is 0.743. The molecule has 3 heteroatoms. The molecule has 0 fully saturated rings. The molecule has 0 unspecified atom stereocenters. The fourth-order valence-electron chi connectivity index (χ4n) is 2.04. The third-order valence-electron chi connectivity index (χ3n) is 3.16. The van der Waals surface area contributed by atoms with E-state index in [1.165, 1.54) is 17.0 Å². The average molecular weight is 268 g/mol. The van der Waals surface area contributed by atoms with E-state index in [-0.39, 0.29) is 0 Å². The molecule has 0 aromatic carbocycles. The van der Waals surface area contributed by atoms with Gasteiger partial charge in [0.25, 0.3) is 0 Å². The van der Waals surface area contributed by atoms with Crippen LogP contribution in [0.3, 0.4) is 0 Å². The van der Waals surface area contributed by atoms with Gasteiger partial charge in [-0.3, -0.25) is 4.90 Å². The monoisotopic (exact) mass is 268 g/mol. The number of thiophene rings is 1. The predicted octanol–water partition coefficient (Wildman–Crippen LogP) is 3.51. The lowest BCUT2D eigenvalue weighted by atomic mass is 10.2. The number of aryl methyl sites for hydroxylation is 1. The van der Waals surface area contributed by atoms with Gasteiger partial charge in [-0.05, 0) is 43.7 Å². The Balaban J connectivity index is 2.25. The molecule has 0 saturated heterocycles. The van der Waals surface area contributed by atoms with Crippen molar-refractivity contribution in [3.63, 3.8) is 0 Å². The lowest BCUT2D eigenvalue weighted by Crippen LogP contribution is -2.39. The van der Waals surface area contributed by atoms with Crippen LogP contribution in [0.5, 0.6) is 0 Å². The van der Waals surface area contributed by atoms with Crippen molar-refractivity contribution < 1.29 is 0 Å². The second kappa shape index (κ2) is 7.93. The molecule has 0 spiro atoms. The van der Waals surface area contributed by atoms with Gasteiger partial charge in [-0.15, -0.1) is 11.3 Å². The Morgan fingerprint density at radius 1 is 1.28 bits per heavy atom. The molecular weight excluding hydrogens is 240 g/mol. The van der Waals surface area contributed by atoms with Crippen molar-refractivity contribution >= 4 is 11.3 Å². The van der Waals surface area contributed by atoms with Crippen LogP contribution in [0.25, 0.3) is 0 Å². The minimum Gasteiger partial charge on any atom is -0.311 e. The summed E-state index contributed by atoms with van der Waals surface area (Å²) in [7, 11) is 0. The topological polar surface area (TPSA) is 15.3 Å². The summed E-state index contributed by atoms with van der Waals surface area (Å²) < 4.78 is 0. The molecule has 0 atom stereocenters. The summed E-state index contributed by atoms with van der Waals surface area (Å²) in [6.07, 6.45) is 0. The summed E-state index contributed by atoms with van der Waals surface area (Å²) in [6.45, 7) is 15.7. The van der Waals surface area contributed by atoms with E-state index in [2.05, 4.69) is 56.3 Å². The smallest absolute Gasteiger partial charge is 0.0302 e. The van der Waals surface area contributed by atoms with Crippen LogP contribution in [-0.4, -0.2) is 30.6 Å². The zero-order valence-corrected chi connectivity index (χ0v) is 13.3. The number of hydrogen-bond acceptors (Lipinski definition) is 3. The summed E-state index contributed by atoms with van der Waals surface area (Å²) in [5.41, 5.74) is 1.41. The van der Waals surface area contributed by atoms with Gasteiger partial charge >= 0.3 is 0 Å². The minimum atomic E-state index is 0.637. The SMILES string of the molecule is Cc1ccsc1CNCCN(CC(C)C)C(C)C. The number of nitrogens with one attached hydrogen (secondary N) is 1. The van der Waals surface area contributed by atoms with Crippen molar-refractivity contribution in [3.05, 3.63) is 21.9 Å². The first-order chi connectivity index (χ1) is 8.50. The molecule has 0 saturated carbocycles. The second-order valence-corrected chi connectivity index (χ2v) is 6.69. The van der Waals surface area contributed by atoms with Gasteiger partial charge in [0, 0.05) is 37.1 Å². The Hall–Kier alpha value is -0.380. The molecule has 1 heterocycles. The van der Waals surface area contributed by atoms with Crippen molar-refractivity contribution in [1.82, 2.24) is 10.2 Å². The number of hydrogen-bond donors (Lipinski definition) is 1. The molecule has 2 nitrogen and oxygen atoms in total. The van der Waals surface area contributed by atoms with E-state index < -0.39 is 0 Å². The molecule has 0 bridgehead atoms. The van der Waals surface area contributed by atoms with Crippen LogP contribution < -0.4 is 5.32 Å². The van der Waals surface area contributed by atoms with Gasteiger partial charge in [0.1, 0.15) is 0 Å². The summed E-state index contributed by atoms with van der Waals surface area (Å²) in [6, 6.07) is 2.83. The standard InChI is InChI=1S/C15H28N2S/c1-12(2)11-17(13(3)4)8-7-16-10-15-14(5)6-9-18-15/h6,9,12-13,16H,7-8,10-11H2,1-5H3. The van der Waals surface area contributed by atoms with Gasteiger partial charge in [-0.25, -0.2) is 0 Å². The molecule has 1 aromatic rings. The van der Waals surface area contributed by atoms with Crippen LogP contribution in [0.4, 0.5) is 0 Å². The molecule has 18 heavy (non-hydrogen) atoms. The molecule has 0 aliphatic carbocycles. The van der Waals surface area contributed by atoms with Crippen molar-refractivity contribution in [1.29, 1.82) is 0 Å². The highest BCUT2D eigenvalue weighted by Crippen LogP contribution is 2.14. The molecule has 1 N–H and O–H groups in total. The van der Waals surface area contributed by atoms with E-state index in [4.69, 9.17) is 0 Å². The van der Waals surface area contributed by atoms with Gasteiger partial charge in [0.15, 0.2) is 0 Å². The van der Waals surface area contributed by atoms with Gasteiger partial charge in [-0.2, -0.15) is 0 Å². The van der Waals surface area contributed by atoms with Crippen LogP contribution in [-0.2, 0) is 6.54 Å². The first kappa shape index (κ1) is 15.7. The lowest BCUT2D eigenvalue weighted by molar-refractivity contribution is 0.198. The average Bonchev–Trinajstić information content (AvgIpc) is 2.68. The maximum Gasteiger partial charge on any atom is 0.0302 e. The molecule has 0 aliphatic heterocycles. The van der Waals surface area contributed by atoms with Crippen LogP contribution in [0, 0.1) is 12.8 Å². The largest absolute Gasteiger partial charge is 0.311 e. The molecule has 104 valence electrons. The number of rotatable bonds is 8. The Kier molecular flexibility index (Phi) is 6.90. The molecule has 0 radical (unpaired) electrons. The first-order valence-electron chi connectivity index (χ1n) is 6.98. The molecule has 0 amide bonds. The fraction of sp³-hybridized carbons (Fsp3) is 0.733. The zero-order chi connectivity index (χ0) is 13.5. The summed E-state index contributed by atoms with van der Waals surface area (Å²) in [5, 5.41) is 5.73. The molecular formula is C15H28N2S. The maximum absolute atomic E-state index is 3.56. The minimum absolute atomic E-state index is 0.637. The Labute approximate surface area is 116 Å². The van der Waals surface area contributed by atoms with Crippen molar-refractivity contribution in [2.24, 2.45) is 5.92 Å². The van der Waals surface area contributed by atoms with Crippen LogP contribution in [0.2, 0.25) is 0 Å². The van der Waals surface area contributed by atoms with E-state index in [9.17, 15) is 0 Å². The summed E-state index contributed by atoms with van der Waals surface area (Å²) >= 11 is 1.85. The third-order valence-corrected chi connectivity index (χ3v) is 4.18. The van der Waals surface area contributed by atoms with E-state index in [1.807, 2.05) is 11.3 Å². The Morgan fingerprint density at radius 2 is 2.00 bits per heavy atom. The van der Waals surface area contributed by atoms with Gasteiger partial charge < -0.3 is 5.32 Å². The highest BCUT2D eigenvalue weighted by atomic mass is 32.1. The highest BCUT2D eigenvalue weighted by Gasteiger charge is 2.10. The lowest BCUT2D eigenvalue weighted by Gasteiger charge is -2.28. The zero-order valence-electron chi connectivity index (χ0n) is 12.5. The first-order valence-corrected chi connectivity index (χ1v) is 7.86. The van der Waals surface area contributed by atoms with E-state index in [0.29, 0.717) is 6.04 Å². The maximum atomic E-state index is 3.56. The molecule has 1 rings (SSSR count). The Bertz CT molecular complexity index is 331. The van der Waals surface area contributed by atoms with E-state index in [0.717, 1.165) is 25.6 Å². The van der Waals surface area contributed by atoms with Crippen molar-refractivity contribution in [2.75, 3.05) is 19.6 Å². The fourth-order valence-corrected chi connectivity index (χ4v) is 2.91.